The maximum atomic E-state index is 6.08. The second-order valence-electron chi connectivity index (χ2n) is 16.1. The first-order valence-corrected chi connectivity index (χ1v) is 21.3. The molecule has 0 N–H and O–H groups in total. The van der Waals surface area contributed by atoms with E-state index in [1.165, 1.54) is 0 Å². The molecule has 0 atom stereocenters. The monoisotopic (exact) mass is 822 g/mol. The molecule has 12 aromatic rings. The molecule has 302 valence electrons. The molecule has 0 spiro atoms. The molecule has 6 nitrogen and oxygen atoms in total. The van der Waals surface area contributed by atoms with Gasteiger partial charge >= 0.3 is 0 Å². The van der Waals surface area contributed by atoms with Crippen LogP contribution in [0.25, 0.3) is 121 Å². The van der Waals surface area contributed by atoms with Crippen LogP contribution in [0.1, 0.15) is 0 Å². The molecule has 0 aliphatic rings. The van der Waals surface area contributed by atoms with E-state index in [0.717, 1.165) is 133 Å². The zero-order valence-corrected chi connectivity index (χ0v) is 35.1. The smallest absolute Gasteiger partial charge is 0.127 e. The van der Waals surface area contributed by atoms with Crippen molar-refractivity contribution >= 4 is 65.2 Å². The van der Waals surface area contributed by atoms with Crippen LogP contribution in [0.5, 0.6) is 11.5 Å². The van der Waals surface area contributed by atoms with E-state index in [-0.39, 0.29) is 0 Å². The van der Waals surface area contributed by atoms with Crippen LogP contribution in [0.15, 0.2) is 194 Å². The number of rotatable bonds is 7. The van der Waals surface area contributed by atoms with Gasteiger partial charge in [-0.25, -0.2) is 9.97 Å². The number of pyridine rings is 4. The Morgan fingerprint density at radius 3 is 1.16 bits per heavy atom. The molecular formula is C58H38N4O2. The summed E-state index contributed by atoms with van der Waals surface area (Å²) >= 11 is 0. The molecule has 0 radical (unpaired) electrons. The van der Waals surface area contributed by atoms with Crippen molar-refractivity contribution in [2.24, 2.45) is 0 Å². The van der Waals surface area contributed by atoms with E-state index in [1.807, 2.05) is 24.5 Å². The zero-order chi connectivity index (χ0) is 42.7. The molecule has 4 heterocycles. The highest BCUT2D eigenvalue weighted by Crippen LogP contribution is 2.46. The summed E-state index contributed by atoms with van der Waals surface area (Å²) in [5.74, 6) is 1.57. The summed E-state index contributed by atoms with van der Waals surface area (Å²) in [4.78, 5) is 19.2. The molecular weight excluding hydrogens is 785 g/mol. The second kappa shape index (κ2) is 15.2. The minimum Gasteiger partial charge on any atom is -0.496 e. The van der Waals surface area contributed by atoms with Gasteiger partial charge in [0.2, 0.25) is 0 Å². The molecule has 0 saturated carbocycles. The topological polar surface area (TPSA) is 70.0 Å². The van der Waals surface area contributed by atoms with Crippen LogP contribution >= 0.6 is 0 Å². The lowest BCUT2D eigenvalue weighted by Crippen LogP contribution is -1.95. The van der Waals surface area contributed by atoms with Crippen LogP contribution in [0, 0.1) is 0 Å². The Morgan fingerprint density at radius 2 is 0.719 bits per heavy atom. The molecule has 0 bridgehead atoms. The second-order valence-corrected chi connectivity index (χ2v) is 16.1. The minimum atomic E-state index is 0.786. The minimum absolute atomic E-state index is 0.786. The van der Waals surface area contributed by atoms with Gasteiger partial charge in [0.1, 0.15) is 11.5 Å². The Kier molecular flexibility index (Phi) is 8.83. The standard InChI is InChI=1S/C58H38N4O2/c1-63-53-29-19-43-33-41(35-7-11-37(12-8-35)49-27-23-47-51(61-49)25-17-39-5-3-31-59-57(39)47)15-21-45(43)55(53)56-46-22-16-42(34-44(46)20-30-54(56)64-2)36-9-13-38(14-10-36)50-28-24-48-52(62-50)26-18-40-6-4-32-60-58(40)48/h3-34H,1-2H3. The molecule has 12 rings (SSSR count). The molecule has 0 unspecified atom stereocenters. The van der Waals surface area contributed by atoms with Gasteiger partial charge < -0.3 is 9.47 Å². The lowest BCUT2D eigenvalue weighted by atomic mass is 9.89. The van der Waals surface area contributed by atoms with E-state index in [2.05, 4.69) is 180 Å². The van der Waals surface area contributed by atoms with Gasteiger partial charge in [-0.2, -0.15) is 0 Å². The molecule has 64 heavy (non-hydrogen) atoms. The normalized spacial score (nSPS) is 11.6. The highest BCUT2D eigenvalue weighted by molar-refractivity contribution is 6.11. The summed E-state index contributed by atoms with van der Waals surface area (Å²) in [5, 5.41) is 8.72. The van der Waals surface area contributed by atoms with E-state index >= 15 is 0 Å². The fraction of sp³-hybridized carbons (Fsp3) is 0.0345. The van der Waals surface area contributed by atoms with Gasteiger partial charge in [0.25, 0.3) is 0 Å². The fourth-order valence-electron chi connectivity index (χ4n) is 9.32. The van der Waals surface area contributed by atoms with Crippen LogP contribution in [0.3, 0.4) is 0 Å². The average Bonchev–Trinajstić information content (AvgIpc) is 3.37. The van der Waals surface area contributed by atoms with Gasteiger partial charge in [0, 0.05) is 56.2 Å². The van der Waals surface area contributed by atoms with Gasteiger partial charge in [0.05, 0.1) is 47.7 Å². The maximum absolute atomic E-state index is 6.08. The van der Waals surface area contributed by atoms with Crippen LogP contribution in [-0.2, 0) is 0 Å². The molecule has 0 saturated heterocycles. The first kappa shape index (κ1) is 37.3. The molecule has 6 heteroatoms. The van der Waals surface area contributed by atoms with Crippen molar-refractivity contribution in [1.29, 1.82) is 0 Å². The lowest BCUT2D eigenvalue weighted by Gasteiger charge is -2.18. The number of aromatic nitrogens is 4. The third kappa shape index (κ3) is 6.26. The number of nitrogens with zero attached hydrogens (tertiary/aromatic N) is 4. The maximum Gasteiger partial charge on any atom is 0.127 e. The van der Waals surface area contributed by atoms with Crippen molar-refractivity contribution in [3.63, 3.8) is 0 Å². The predicted octanol–water partition coefficient (Wildman–Crippen LogP) is 14.5. The van der Waals surface area contributed by atoms with Crippen molar-refractivity contribution in [1.82, 2.24) is 19.9 Å². The average molecular weight is 823 g/mol. The molecule has 0 aliphatic carbocycles. The van der Waals surface area contributed by atoms with Gasteiger partial charge in [0.15, 0.2) is 0 Å². The van der Waals surface area contributed by atoms with Crippen molar-refractivity contribution in [2.45, 2.75) is 0 Å². The number of methoxy groups -OCH3 is 2. The molecule has 0 fully saturated rings. The summed E-state index contributed by atoms with van der Waals surface area (Å²) < 4.78 is 12.2. The number of ether oxygens (including phenoxy) is 2. The quantitative estimate of drug-likeness (QED) is 0.149. The molecule has 0 amide bonds. The predicted molar refractivity (Wildman–Crippen MR) is 263 cm³/mol. The van der Waals surface area contributed by atoms with Crippen molar-refractivity contribution in [3.05, 3.63) is 194 Å². The Labute approximate surface area is 369 Å². The Morgan fingerprint density at radius 1 is 0.328 bits per heavy atom. The summed E-state index contributed by atoms with van der Waals surface area (Å²) in [7, 11) is 3.46. The summed E-state index contributed by atoms with van der Waals surface area (Å²) in [6.07, 6.45) is 3.67. The van der Waals surface area contributed by atoms with Gasteiger partial charge in [-0.05, 0) is 117 Å². The first-order valence-electron chi connectivity index (χ1n) is 21.3. The number of hydrogen-bond donors (Lipinski definition) is 0. The van der Waals surface area contributed by atoms with Crippen LogP contribution in [0.2, 0.25) is 0 Å². The van der Waals surface area contributed by atoms with Crippen LogP contribution < -0.4 is 9.47 Å². The van der Waals surface area contributed by atoms with E-state index in [4.69, 9.17) is 19.4 Å². The summed E-state index contributed by atoms with van der Waals surface area (Å²) in [6, 6.07) is 63.9. The van der Waals surface area contributed by atoms with E-state index in [9.17, 15) is 0 Å². The van der Waals surface area contributed by atoms with E-state index in [0.29, 0.717) is 0 Å². The molecule has 8 aromatic carbocycles. The zero-order valence-electron chi connectivity index (χ0n) is 35.1. The fourth-order valence-corrected chi connectivity index (χ4v) is 9.32. The number of fused-ring (bicyclic) bond motifs is 8. The van der Waals surface area contributed by atoms with Gasteiger partial charge in [-0.15, -0.1) is 0 Å². The Hall–Kier alpha value is -8.48. The highest BCUT2D eigenvalue weighted by atomic mass is 16.5. The first-order chi connectivity index (χ1) is 31.6. The third-order valence-electron chi connectivity index (χ3n) is 12.6. The van der Waals surface area contributed by atoms with Crippen LogP contribution in [-0.4, -0.2) is 34.2 Å². The number of hydrogen-bond acceptors (Lipinski definition) is 6. The van der Waals surface area contributed by atoms with E-state index < -0.39 is 0 Å². The van der Waals surface area contributed by atoms with Crippen molar-refractivity contribution < 1.29 is 9.47 Å². The van der Waals surface area contributed by atoms with Crippen LogP contribution in [0.4, 0.5) is 0 Å². The van der Waals surface area contributed by atoms with Gasteiger partial charge in [-0.3, -0.25) is 9.97 Å². The molecule has 0 aliphatic heterocycles. The lowest BCUT2D eigenvalue weighted by molar-refractivity contribution is 0.411. The number of benzene rings is 8. The van der Waals surface area contributed by atoms with Crippen molar-refractivity contribution in [3.8, 4) is 67.4 Å². The summed E-state index contributed by atoms with van der Waals surface area (Å²) in [5.41, 5.74) is 14.3. The summed E-state index contributed by atoms with van der Waals surface area (Å²) in [6.45, 7) is 0. The largest absolute Gasteiger partial charge is 0.496 e. The van der Waals surface area contributed by atoms with Crippen molar-refractivity contribution in [2.75, 3.05) is 14.2 Å². The third-order valence-corrected chi connectivity index (χ3v) is 12.6. The molecule has 4 aromatic heterocycles. The Balaban J connectivity index is 0.865. The van der Waals surface area contributed by atoms with E-state index in [1.54, 1.807) is 14.2 Å². The van der Waals surface area contributed by atoms with Gasteiger partial charge in [-0.1, -0.05) is 109 Å². The Bertz CT molecular complexity index is 3560. The SMILES string of the molecule is COc1ccc2cc(-c3ccc(-c4ccc5c(ccc6cccnc65)n4)cc3)ccc2c1-c1c(OC)ccc2cc(-c3ccc(-c4ccc5c(ccc6cccnc65)n4)cc3)ccc12. The highest BCUT2D eigenvalue weighted by Gasteiger charge is 2.20.